The molecule has 0 saturated carbocycles. The van der Waals surface area contributed by atoms with Gasteiger partial charge in [0.1, 0.15) is 0 Å². The topological polar surface area (TPSA) is 15.3 Å². The standard InChI is InChI=1S/C15H28N2S/c1-5-9-16-10-8-13(2)17(4)14(3)12-15-7-6-11-18-15/h6-7,11,13-14,16H,5,8-10,12H2,1-4H3. The van der Waals surface area contributed by atoms with Crippen molar-refractivity contribution < 1.29 is 0 Å². The smallest absolute Gasteiger partial charge is 0.0115 e. The zero-order valence-electron chi connectivity index (χ0n) is 12.3. The Morgan fingerprint density at radius 1 is 1.28 bits per heavy atom. The average molecular weight is 268 g/mol. The van der Waals surface area contributed by atoms with Gasteiger partial charge >= 0.3 is 0 Å². The van der Waals surface area contributed by atoms with E-state index in [9.17, 15) is 0 Å². The molecule has 104 valence electrons. The molecule has 1 rings (SSSR count). The van der Waals surface area contributed by atoms with Gasteiger partial charge in [-0.1, -0.05) is 13.0 Å². The van der Waals surface area contributed by atoms with E-state index in [4.69, 9.17) is 0 Å². The molecule has 3 heteroatoms. The first-order valence-electron chi connectivity index (χ1n) is 7.10. The molecule has 0 aromatic carbocycles. The lowest BCUT2D eigenvalue weighted by atomic mass is 10.1. The van der Waals surface area contributed by atoms with E-state index in [-0.39, 0.29) is 0 Å². The van der Waals surface area contributed by atoms with Crippen molar-refractivity contribution in [3.8, 4) is 0 Å². The van der Waals surface area contributed by atoms with Crippen LogP contribution in [0, 0.1) is 0 Å². The first-order chi connectivity index (χ1) is 8.65. The molecular weight excluding hydrogens is 240 g/mol. The summed E-state index contributed by atoms with van der Waals surface area (Å²) in [6, 6.07) is 5.64. The van der Waals surface area contributed by atoms with Gasteiger partial charge in [0, 0.05) is 17.0 Å². The third kappa shape index (κ3) is 5.51. The van der Waals surface area contributed by atoms with Crippen LogP contribution in [0.1, 0.15) is 38.5 Å². The van der Waals surface area contributed by atoms with Crippen molar-refractivity contribution in [3.05, 3.63) is 22.4 Å². The highest BCUT2D eigenvalue weighted by Gasteiger charge is 2.16. The zero-order chi connectivity index (χ0) is 13.4. The molecule has 1 aromatic rings. The molecule has 0 amide bonds. The number of thiophene rings is 1. The second-order valence-corrected chi connectivity index (χ2v) is 6.22. The maximum absolute atomic E-state index is 3.48. The zero-order valence-corrected chi connectivity index (χ0v) is 13.1. The van der Waals surface area contributed by atoms with E-state index < -0.39 is 0 Å². The minimum Gasteiger partial charge on any atom is -0.317 e. The summed E-state index contributed by atoms with van der Waals surface area (Å²) in [5, 5.41) is 5.65. The number of nitrogens with one attached hydrogen (secondary N) is 1. The third-order valence-electron chi connectivity index (χ3n) is 3.63. The monoisotopic (exact) mass is 268 g/mol. The molecule has 2 nitrogen and oxygen atoms in total. The number of hydrogen-bond donors (Lipinski definition) is 1. The lowest BCUT2D eigenvalue weighted by Crippen LogP contribution is -2.39. The van der Waals surface area contributed by atoms with Gasteiger partial charge in [-0.2, -0.15) is 0 Å². The molecule has 0 aliphatic carbocycles. The van der Waals surface area contributed by atoms with E-state index >= 15 is 0 Å². The Bertz CT molecular complexity index is 297. The van der Waals surface area contributed by atoms with Crippen LogP contribution in [0.4, 0.5) is 0 Å². The van der Waals surface area contributed by atoms with Gasteiger partial charge in [0.15, 0.2) is 0 Å². The van der Waals surface area contributed by atoms with E-state index in [1.807, 2.05) is 11.3 Å². The molecule has 0 spiro atoms. The first kappa shape index (κ1) is 15.7. The number of rotatable bonds is 9. The minimum absolute atomic E-state index is 0.616. The average Bonchev–Trinajstić information content (AvgIpc) is 2.86. The van der Waals surface area contributed by atoms with E-state index in [1.54, 1.807) is 0 Å². The van der Waals surface area contributed by atoms with Crippen LogP contribution < -0.4 is 5.32 Å². The van der Waals surface area contributed by atoms with Crippen LogP contribution in [0.5, 0.6) is 0 Å². The molecular formula is C15H28N2S. The summed E-state index contributed by atoms with van der Waals surface area (Å²) in [6.07, 6.45) is 3.62. The second-order valence-electron chi connectivity index (χ2n) is 5.19. The van der Waals surface area contributed by atoms with Gasteiger partial charge < -0.3 is 10.2 Å². The van der Waals surface area contributed by atoms with Crippen LogP contribution in [0.15, 0.2) is 17.5 Å². The summed E-state index contributed by atoms with van der Waals surface area (Å²) in [5.74, 6) is 0. The van der Waals surface area contributed by atoms with Crippen molar-refractivity contribution in [2.24, 2.45) is 0 Å². The minimum atomic E-state index is 0.616. The van der Waals surface area contributed by atoms with Gasteiger partial charge in [0.25, 0.3) is 0 Å². The Kier molecular flexibility index (Phi) is 7.56. The second kappa shape index (κ2) is 8.68. The molecule has 0 aliphatic rings. The van der Waals surface area contributed by atoms with Crippen LogP contribution in [-0.2, 0) is 6.42 Å². The largest absolute Gasteiger partial charge is 0.317 e. The van der Waals surface area contributed by atoms with Crippen LogP contribution in [-0.4, -0.2) is 37.1 Å². The molecule has 0 aliphatic heterocycles. The first-order valence-corrected chi connectivity index (χ1v) is 7.98. The Balaban J connectivity index is 2.26. The number of likely N-dealkylation sites (N-methyl/N-ethyl adjacent to an activating group) is 1. The van der Waals surface area contributed by atoms with Crippen molar-refractivity contribution in [1.29, 1.82) is 0 Å². The van der Waals surface area contributed by atoms with Gasteiger partial charge in [0.2, 0.25) is 0 Å². The molecule has 1 heterocycles. The summed E-state index contributed by atoms with van der Waals surface area (Å²) < 4.78 is 0. The fourth-order valence-corrected chi connectivity index (χ4v) is 2.94. The Morgan fingerprint density at radius 3 is 2.67 bits per heavy atom. The summed E-state index contributed by atoms with van der Waals surface area (Å²) in [4.78, 5) is 4.00. The highest BCUT2D eigenvalue weighted by atomic mass is 32.1. The molecule has 2 atom stereocenters. The molecule has 0 fully saturated rings. The molecule has 2 unspecified atom stereocenters. The maximum Gasteiger partial charge on any atom is 0.0115 e. The lowest BCUT2D eigenvalue weighted by Gasteiger charge is -2.30. The Hall–Kier alpha value is -0.380. The van der Waals surface area contributed by atoms with Crippen molar-refractivity contribution in [2.45, 2.75) is 52.1 Å². The van der Waals surface area contributed by atoms with Crippen molar-refractivity contribution in [1.82, 2.24) is 10.2 Å². The highest BCUT2D eigenvalue weighted by molar-refractivity contribution is 7.09. The van der Waals surface area contributed by atoms with Gasteiger partial charge in [0.05, 0.1) is 0 Å². The van der Waals surface area contributed by atoms with Crippen LogP contribution in [0.2, 0.25) is 0 Å². The molecule has 0 radical (unpaired) electrons. The SMILES string of the molecule is CCCNCCC(C)N(C)C(C)Cc1cccs1. The lowest BCUT2D eigenvalue weighted by molar-refractivity contribution is 0.186. The van der Waals surface area contributed by atoms with Gasteiger partial charge in [-0.25, -0.2) is 0 Å². The number of nitrogens with zero attached hydrogens (tertiary/aromatic N) is 1. The molecule has 0 bridgehead atoms. The summed E-state index contributed by atoms with van der Waals surface area (Å²) in [7, 11) is 2.25. The summed E-state index contributed by atoms with van der Waals surface area (Å²) in [5.41, 5.74) is 0. The fourth-order valence-electron chi connectivity index (χ4n) is 2.11. The van der Waals surface area contributed by atoms with Gasteiger partial charge in [-0.15, -0.1) is 11.3 Å². The van der Waals surface area contributed by atoms with E-state index in [2.05, 4.69) is 55.5 Å². The van der Waals surface area contributed by atoms with E-state index in [0.29, 0.717) is 12.1 Å². The molecule has 1 aromatic heterocycles. The van der Waals surface area contributed by atoms with Crippen LogP contribution >= 0.6 is 11.3 Å². The van der Waals surface area contributed by atoms with Crippen LogP contribution in [0.25, 0.3) is 0 Å². The van der Waals surface area contributed by atoms with Crippen molar-refractivity contribution in [2.75, 3.05) is 20.1 Å². The predicted octanol–water partition coefficient (Wildman–Crippen LogP) is 3.39. The summed E-state index contributed by atoms with van der Waals surface area (Å²) in [6.45, 7) is 9.14. The highest BCUT2D eigenvalue weighted by Crippen LogP contribution is 2.15. The fraction of sp³-hybridized carbons (Fsp3) is 0.733. The third-order valence-corrected chi connectivity index (χ3v) is 4.53. The van der Waals surface area contributed by atoms with Crippen molar-refractivity contribution in [3.63, 3.8) is 0 Å². The van der Waals surface area contributed by atoms with E-state index in [1.165, 1.54) is 24.1 Å². The molecule has 0 saturated heterocycles. The normalized spacial score (nSPS) is 14.9. The quantitative estimate of drug-likeness (QED) is 0.691. The van der Waals surface area contributed by atoms with Gasteiger partial charge in [-0.05, 0) is 64.7 Å². The maximum atomic E-state index is 3.48. The number of hydrogen-bond acceptors (Lipinski definition) is 3. The van der Waals surface area contributed by atoms with E-state index in [0.717, 1.165) is 13.1 Å². The van der Waals surface area contributed by atoms with Crippen molar-refractivity contribution >= 4 is 11.3 Å². The summed E-state index contributed by atoms with van der Waals surface area (Å²) >= 11 is 1.87. The predicted molar refractivity (Wildman–Crippen MR) is 82.5 cm³/mol. The van der Waals surface area contributed by atoms with Gasteiger partial charge in [-0.3, -0.25) is 0 Å². The Labute approximate surface area is 116 Å². The molecule has 1 N–H and O–H groups in total. The van der Waals surface area contributed by atoms with Crippen LogP contribution in [0.3, 0.4) is 0 Å². The molecule has 18 heavy (non-hydrogen) atoms. The Morgan fingerprint density at radius 2 is 2.06 bits per heavy atom.